The van der Waals surface area contributed by atoms with E-state index in [1.807, 2.05) is 11.8 Å². The molecule has 31 heavy (non-hydrogen) atoms. The lowest BCUT2D eigenvalue weighted by Crippen LogP contribution is -2.51. The summed E-state index contributed by atoms with van der Waals surface area (Å²) in [5, 5.41) is 13.9. The van der Waals surface area contributed by atoms with Gasteiger partial charge in [-0.1, -0.05) is 20.3 Å². The number of hydrogen-bond donors (Lipinski definition) is 0. The van der Waals surface area contributed by atoms with E-state index < -0.39 is 0 Å². The highest BCUT2D eigenvalue weighted by atomic mass is 32.2. The number of rotatable bonds is 4. The average Bonchev–Trinajstić information content (AvgIpc) is 3.34. The number of carbonyl (C=O) groups excluding carboxylic acids is 1. The van der Waals surface area contributed by atoms with Crippen molar-refractivity contribution in [3.63, 3.8) is 0 Å². The zero-order chi connectivity index (χ0) is 21.8. The van der Waals surface area contributed by atoms with Crippen molar-refractivity contribution in [2.45, 2.75) is 77.0 Å². The second-order valence-corrected chi connectivity index (χ2v) is 12.5. The van der Waals surface area contributed by atoms with E-state index in [2.05, 4.69) is 31.3 Å². The van der Waals surface area contributed by atoms with Crippen LogP contribution < -0.4 is 0 Å². The Labute approximate surface area is 191 Å². The third-order valence-electron chi connectivity index (χ3n) is 9.95. The summed E-state index contributed by atoms with van der Waals surface area (Å²) in [4.78, 5) is 13.5. The first-order chi connectivity index (χ1) is 14.9. The Morgan fingerprint density at radius 3 is 2.77 bits per heavy atom. The molecular formula is C26H37N3OS. The lowest BCUT2D eigenvalue weighted by molar-refractivity contribution is -0.131. The Balaban J connectivity index is 1.37. The van der Waals surface area contributed by atoms with E-state index in [1.165, 1.54) is 44.9 Å². The Morgan fingerprint density at radius 2 is 2.03 bits per heavy atom. The smallest absolute Gasteiger partial charge is 0.157 e. The van der Waals surface area contributed by atoms with Crippen LogP contribution in [0.15, 0.2) is 12.4 Å². The van der Waals surface area contributed by atoms with Crippen molar-refractivity contribution in [3.05, 3.63) is 18.0 Å². The topological polar surface area (TPSA) is 58.7 Å². The molecule has 1 aromatic heterocycles. The maximum absolute atomic E-state index is 13.5. The fraction of sp³-hybridized carbons (Fsp3) is 0.808. The Morgan fingerprint density at radius 1 is 1.23 bits per heavy atom. The molecule has 4 aliphatic rings. The number of aromatic nitrogens is 2. The Bertz CT molecular complexity index is 874. The largest absolute Gasteiger partial charge is 0.297 e. The Kier molecular flexibility index (Phi) is 5.74. The van der Waals surface area contributed by atoms with Crippen molar-refractivity contribution in [2.24, 2.45) is 46.8 Å². The number of nitriles is 1. The first-order valence-corrected chi connectivity index (χ1v) is 13.7. The highest BCUT2D eigenvalue weighted by molar-refractivity contribution is 7.99. The van der Waals surface area contributed by atoms with Gasteiger partial charge in [0.1, 0.15) is 6.07 Å². The molecule has 0 N–H and O–H groups in total. The molecule has 0 radical (unpaired) electrons. The highest BCUT2D eigenvalue weighted by Crippen LogP contribution is 2.66. The molecule has 5 heteroatoms. The second kappa shape index (κ2) is 8.25. The molecule has 9 atom stereocenters. The first kappa shape index (κ1) is 21.6. The summed E-state index contributed by atoms with van der Waals surface area (Å²) in [5.74, 6) is 5.70. The van der Waals surface area contributed by atoms with Crippen LogP contribution in [-0.4, -0.2) is 27.1 Å². The van der Waals surface area contributed by atoms with Crippen LogP contribution in [0.1, 0.15) is 70.8 Å². The summed E-state index contributed by atoms with van der Waals surface area (Å²) >= 11 is 2.02. The molecule has 168 valence electrons. The minimum atomic E-state index is 0.131. The van der Waals surface area contributed by atoms with Gasteiger partial charge < -0.3 is 0 Å². The van der Waals surface area contributed by atoms with E-state index in [4.69, 9.17) is 5.26 Å². The van der Waals surface area contributed by atoms with Crippen LogP contribution in [0, 0.1) is 58.2 Å². The van der Waals surface area contributed by atoms with Gasteiger partial charge in [0, 0.05) is 17.4 Å². The molecule has 0 aliphatic heterocycles. The number of fused-ring (bicyclic) bond motifs is 5. The number of thioether (sulfide) groups is 1. The molecule has 0 spiro atoms. The van der Waals surface area contributed by atoms with Gasteiger partial charge >= 0.3 is 0 Å². The van der Waals surface area contributed by atoms with Crippen LogP contribution in [0.25, 0.3) is 0 Å². The fourth-order valence-corrected chi connectivity index (χ4v) is 9.83. The van der Waals surface area contributed by atoms with Gasteiger partial charge in [-0.15, -0.1) is 0 Å². The van der Waals surface area contributed by atoms with Crippen molar-refractivity contribution < 1.29 is 4.79 Å². The molecule has 0 amide bonds. The number of hydrogen-bond acceptors (Lipinski definition) is 4. The molecule has 5 rings (SSSR count). The SMILES string of the molecule is CSC1C[C@H](C(=O)Cn2cc(C#N)cn2)[C@@]2(C)CCC3[C@@H](CC[C@@H]4C[C@@H](C)CC[C@H]34)C12. The van der Waals surface area contributed by atoms with Gasteiger partial charge in [0.2, 0.25) is 0 Å². The maximum Gasteiger partial charge on any atom is 0.157 e. The van der Waals surface area contributed by atoms with E-state index in [-0.39, 0.29) is 11.3 Å². The molecule has 0 aromatic carbocycles. The zero-order valence-electron chi connectivity index (χ0n) is 19.3. The normalized spacial score (nSPS) is 44.1. The lowest BCUT2D eigenvalue weighted by Gasteiger charge is -2.56. The summed E-state index contributed by atoms with van der Waals surface area (Å²) in [5.41, 5.74) is 0.663. The molecule has 4 saturated carbocycles. The van der Waals surface area contributed by atoms with Crippen LogP contribution in [0.4, 0.5) is 0 Å². The van der Waals surface area contributed by atoms with Crippen LogP contribution in [0.2, 0.25) is 0 Å². The van der Waals surface area contributed by atoms with Gasteiger partial charge in [0.25, 0.3) is 0 Å². The third kappa shape index (κ3) is 3.58. The number of ketones is 1. The number of nitrogens with zero attached hydrogens (tertiary/aromatic N) is 3. The average molecular weight is 440 g/mol. The number of Topliss-reactive ketones (excluding diaryl/α,β-unsaturated/α-hetero) is 1. The highest BCUT2D eigenvalue weighted by Gasteiger charge is 2.61. The maximum atomic E-state index is 13.5. The predicted molar refractivity (Wildman–Crippen MR) is 124 cm³/mol. The van der Waals surface area contributed by atoms with E-state index >= 15 is 0 Å². The van der Waals surface area contributed by atoms with Crippen LogP contribution in [-0.2, 0) is 11.3 Å². The molecule has 0 saturated heterocycles. The summed E-state index contributed by atoms with van der Waals surface area (Å²) in [6.45, 7) is 5.22. The van der Waals surface area contributed by atoms with Crippen molar-refractivity contribution >= 4 is 17.5 Å². The molecule has 4 fully saturated rings. The molecule has 1 heterocycles. The summed E-state index contributed by atoms with van der Waals surface area (Å²) in [7, 11) is 0. The monoisotopic (exact) mass is 439 g/mol. The van der Waals surface area contributed by atoms with Gasteiger partial charge in [-0.3, -0.25) is 9.48 Å². The first-order valence-electron chi connectivity index (χ1n) is 12.4. The van der Waals surface area contributed by atoms with Crippen molar-refractivity contribution in [3.8, 4) is 6.07 Å². The Hall–Kier alpha value is -1.28. The number of carbonyl (C=O) groups is 1. The van der Waals surface area contributed by atoms with Gasteiger partial charge in [-0.2, -0.15) is 22.1 Å². The van der Waals surface area contributed by atoms with Crippen molar-refractivity contribution in [2.75, 3.05) is 6.26 Å². The van der Waals surface area contributed by atoms with E-state index in [1.54, 1.807) is 17.1 Å². The lowest BCUT2D eigenvalue weighted by atomic mass is 9.49. The van der Waals surface area contributed by atoms with Gasteiger partial charge in [0.15, 0.2) is 5.78 Å². The minimum Gasteiger partial charge on any atom is -0.297 e. The quantitative estimate of drug-likeness (QED) is 0.615. The molecule has 0 bridgehead atoms. The van der Waals surface area contributed by atoms with Gasteiger partial charge in [-0.25, -0.2) is 0 Å². The molecule has 3 unspecified atom stereocenters. The van der Waals surface area contributed by atoms with E-state index in [0.29, 0.717) is 29.1 Å². The summed E-state index contributed by atoms with van der Waals surface area (Å²) in [6, 6.07) is 2.12. The second-order valence-electron chi connectivity index (χ2n) is 11.4. The van der Waals surface area contributed by atoms with Crippen molar-refractivity contribution in [1.82, 2.24) is 9.78 Å². The third-order valence-corrected chi connectivity index (χ3v) is 11.0. The van der Waals surface area contributed by atoms with Crippen LogP contribution in [0.3, 0.4) is 0 Å². The van der Waals surface area contributed by atoms with E-state index in [0.717, 1.165) is 36.0 Å². The summed E-state index contributed by atoms with van der Waals surface area (Å²) in [6.07, 6.45) is 16.3. The van der Waals surface area contributed by atoms with E-state index in [9.17, 15) is 4.79 Å². The molecular weight excluding hydrogens is 402 g/mol. The standard InChI is InChI=1S/C26H37N3OS/c1-16-4-6-19-18(10-16)5-7-21-20(19)8-9-26(2)22(11-24(31-3)25(21)26)23(30)15-29-14-17(12-27)13-28-29/h13-14,16,18-22,24-25H,4-11,15H2,1-3H3/t16-,18+,19-,20?,21+,22+,24?,25?,26+/m0/s1. The fourth-order valence-electron chi connectivity index (χ4n) is 8.64. The molecule has 4 nitrogen and oxygen atoms in total. The van der Waals surface area contributed by atoms with Gasteiger partial charge in [-0.05, 0) is 92.1 Å². The van der Waals surface area contributed by atoms with Crippen LogP contribution in [0.5, 0.6) is 0 Å². The van der Waals surface area contributed by atoms with Crippen molar-refractivity contribution in [1.29, 1.82) is 5.26 Å². The zero-order valence-corrected chi connectivity index (χ0v) is 20.1. The molecule has 1 aromatic rings. The van der Waals surface area contributed by atoms with Crippen LogP contribution >= 0.6 is 11.8 Å². The van der Waals surface area contributed by atoms with Gasteiger partial charge in [0.05, 0.1) is 18.3 Å². The predicted octanol–water partition coefficient (Wildman–Crippen LogP) is 5.57. The summed E-state index contributed by atoms with van der Waals surface area (Å²) < 4.78 is 1.67. The minimum absolute atomic E-state index is 0.131. The molecule has 4 aliphatic carbocycles.